The molecule has 0 atom stereocenters. The predicted octanol–water partition coefficient (Wildman–Crippen LogP) is 4.06. The monoisotopic (exact) mass is 299 g/mol. The van der Waals surface area contributed by atoms with Gasteiger partial charge in [-0.1, -0.05) is 18.2 Å². The summed E-state index contributed by atoms with van der Waals surface area (Å²) >= 11 is 0. The van der Waals surface area contributed by atoms with Crippen molar-refractivity contribution in [1.82, 2.24) is 0 Å². The number of nitriles is 1. The van der Waals surface area contributed by atoms with E-state index in [0.717, 1.165) is 0 Å². The molecule has 3 nitrogen and oxygen atoms in total. The number of alkyl halides is 2. The molecule has 0 aliphatic carbocycles. The van der Waals surface area contributed by atoms with E-state index in [2.05, 4.69) is 4.74 Å². The molecular weight excluding hydrogens is 288 g/mol. The quantitative estimate of drug-likeness (QED) is 0.618. The summed E-state index contributed by atoms with van der Waals surface area (Å²) in [5, 5.41) is 8.70. The summed E-state index contributed by atoms with van der Waals surface area (Å²) in [4.78, 5) is 12.0. The fraction of sp³-hybridized carbons (Fsp3) is 0.0588. The van der Waals surface area contributed by atoms with Gasteiger partial charge < -0.3 is 4.74 Å². The number of hydrogen-bond donors (Lipinski definition) is 0. The first-order valence-electron chi connectivity index (χ1n) is 6.36. The van der Waals surface area contributed by atoms with Crippen molar-refractivity contribution >= 4 is 11.9 Å². The minimum atomic E-state index is -2.93. The third-order valence-electron chi connectivity index (χ3n) is 2.85. The zero-order valence-corrected chi connectivity index (χ0v) is 11.4. The van der Waals surface area contributed by atoms with Crippen LogP contribution in [-0.4, -0.2) is 12.4 Å². The summed E-state index contributed by atoms with van der Waals surface area (Å²) in [7, 11) is 0. The lowest BCUT2D eigenvalue weighted by Gasteiger charge is -2.07. The lowest BCUT2D eigenvalue weighted by atomic mass is 10.1. The van der Waals surface area contributed by atoms with E-state index in [9.17, 15) is 13.6 Å². The maximum atomic E-state index is 12.3. The molecule has 110 valence electrons. The first kappa shape index (κ1) is 15.4. The van der Waals surface area contributed by atoms with Gasteiger partial charge in [0.1, 0.15) is 5.75 Å². The molecule has 0 saturated heterocycles. The van der Waals surface area contributed by atoms with Gasteiger partial charge in [0, 0.05) is 11.1 Å². The molecule has 22 heavy (non-hydrogen) atoms. The number of hydrogen-bond acceptors (Lipinski definition) is 3. The van der Waals surface area contributed by atoms with Gasteiger partial charge in [-0.3, -0.25) is 4.79 Å². The van der Waals surface area contributed by atoms with Crippen LogP contribution in [0.3, 0.4) is 0 Å². The van der Waals surface area contributed by atoms with Crippen molar-refractivity contribution in [3.63, 3.8) is 0 Å². The van der Waals surface area contributed by atoms with Gasteiger partial charge in [-0.2, -0.15) is 14.0 Å². The molecule has 0 unspecified atom stereocenters. The molecule has 0 aliphatic rings. The fourth-order valence-electron chi connectivity index (χ4n) is 1.79. The molecule has 0 N–H and O–H groups in total. The predicted molar refractivity (Wildman–Crippen MR) is 77.6 cm³/mol. The van der Waals surface area contributed by atoms with Crippen LogP contribution in [0.2, 0.25) is 0 Å². The number of carbonyl (C=O) groups excluding carboxylic acids is 1. The molecule has 0 fully saturated rings. The van der Waals surface area contributed by atoms with Crippen LogP contribution in [0.4, 0.5) is 8.78 Å². The number of ketones is 1. The van der Waals surface area contributed by atoms with Crippen LogP contribution in [0.5, 0.6) is 5.75 Å². The Balaban J connectivity index is 2.17. The smallest absolute Gasteiger partial charge is 0.387 e. The highest BCUT2D eigenvalue weighted by atomic mass is 19.3. The van der Waals surface area contributed by atoms with Gasteiger partial charge >= 0.3 is 6.61 Å². The molecular formula is C17H11F2NO2. The number of para-hydroxylation sites is 1. The Labute approximate surface area is 126 Å². The number of ether oxygens (including phenoxy) is 1. The summed E-state index contributed by atoms with van der Waals surface area (Å²) in [6, 6.07) is 14.3. The maximum Gasteiger partial charge on any atom is 0.387 e. The molecule has 2 aromatic rings. The van der Waals surface area contributed by atoms with E-state index < -0.39 is 6.61 Å². The summed E-state index contributed by atoms with van der Waals surface area (Å²) in [5.41, 5.74) is 1.24. The van der Waals surface area contributed by atoms with Crippen molar-refractivity contribution in [3.05, 3.63) is 71.3 Å². The van der Waals surface area contributed by atoms with Gasteiger partial charge in [0.15, 0.2) is 5.78 Å². The van der Waals surface area contributed by atoms with Crippen LogP contribution in [0.25, 0.3) is 6.08 Å². The number of rotatable bonds is 5. The van der Waals surface area contributed by atoms with Gasteiger partial charge in [-0.05, 0) is 42.5 Å². The van der Waals surface area contributed by atoms with Crippen molar-refractivity contribution < 1.29 is 18.3 Å². The number of benzene rings is 2. The molecule has 2 aromatic carbocycles. The van der Waals surface area contributed by atoms with Crippen molar-refractivity contribution in [2.24, 2.45) is 0 Å². The SMILES string of the molecule is N#Cc1ccc(C(=O)C=Cc2ccccc2OC(F)F)cc1. The standard InChI is InChI=1S/C17H11F2NO2/c18-17(19)22-16-4-2-1-3-14(16)9-10-15(21)13-7-5-12(11-20)6-8-13/h1-10,17H. The third-order valence-corrected chi connectivity index (χ3v) is 2.85. The van der Waals surface area contributed by atoms with Gasteiger partial charge in [-0.25, -0.2) is 0 Å². The van der Waals surface area contributed by atoms with Crippen molar-refractivity contribution in [2.45, 2.75) is 6.61 Å². The van der Waals surface area contributed by atoms with Gasteiger partial charge in [-0.15, -0.1) is 0 Å². The van der Waals surface area contributed by atoms with Crippen LogP contribution in [0.1, 0.15) is 21.5 Å². The number of nitrogens with zero attached hydrogens (tertiary/aromatic N) is 1. The molecule has 0 spiro atoms. The van der Waals surface area contributed by atoms with Crippen LogP contribution >= 0.6 is 0 Å². The topological polar surface area (TPSA) is 50.1 Å². The van der Waals surface area contributed by atoms with Gasteiger partial charge in [0.2, 0.25) is 0 Å². The number of allylic oxidation sites excluding steroid dienone is 1. The zero-order chi connectivity index (χ0) is 15.9. The van der Waals surface area contributed by atoms with E-state index in [1.54, 1.807) is 18.2 Å². The van der Waals surface area contributed by atoms with E-state index in [1.165, 1.54) is 42.5 Å². The Morgan fingerprint density at radius 2 is 1.82 bits per heavy atom. The average Bonchev–Trinajstić information content (AvgIpc) is 2.53. The Hall–Kier alpha value is -3.00. The van der Waals surface area contributed by atoms with Crippen LogP contribution in [-0.2, 0) is 0 Å². The average molecular weight is 299 g/mol. The van der Waals surface area contributed by atoms with Crippen molar-refractivity contribution in [3.8, 4) is 11.8 Å². The molecule has 0 amide bonds. The van der Waals surface area contributed by atoms with E-state index in [-0.39, 0.29) is 11.5 Å². The second-order valence-corrected chi connectivity index (χ2v) is 4.30. The first-order chi connectivity index (χ1) is 10.6. The summed E-state index contributed by atoms with van der Waals surface area (Å²) < 4.78 is 29.0. The largest absolute Gasteiger partial charge is 0.434 e. The fourth-order valence-corrected chi connectivity index (χ4v) is 1.79. The van der Waals surface area contributed by atoms with Gasteiger partial charge in [0.05, 0.1) is 11.6 Å². The molecule has 0 bridgehead atoms. The highest BCUT2D eigenvalue weighted by Gasteiger charge is 2.08. The van der Waals surface area contributed by atoms with E-state index in [1.807, 2.05) is 6.07 Å². The lowest BCUT2D eigenvalue weighted by Crippen LogP contribution is -2.03. The molecule has 2 rings (SSSR count). The van der Waals surface area contributed by atoms with E-state index >= 15 is 0 Å². The number of halogens is 2. The normalized spacial score (nSPS) is 10.6. The second kappa shape index (κ2) is 7.14. The molecule has 0 aliphatic heterocycles. The minimum absolute atomic E-state index is 0.00128. The van der Waals surface area contributed by atoms with E-state index in [0.29, 0.717) is 16.7 Å². The molecule has 0 saturated carbocycles. The Morgan fingerprint density at radius 1 is 1.14 bits per heavy atom. The summed E-state index contributed by atoms with van der Waals surface area (Å²) in [5.74, 6) is -0.294. The lowest BCUT2D eigenvalue weighted by molar-refractivity contribution is -0.0499. The molecule has 0 heterocycles. The third kappa shape index (κ3) is 4.00. The zero-order valence-electron chi connectivity index (χ0n) is 11.4. The Kier molecular flexibility index (Phi) is 4.99. The first-order valence-corrected chi connectivity index (χ1v) is 6.36. The molecule has 0 radical (unpaired) electrons. The number of carbonyl (C=O) groups is 1. The minimum Gasteiger partial charge on any atom is -0.434 e. The van der Waals surface area contributed by atoms with Crippen molar-refractivity contribution in [1.29, 1.82) is 5.26 Å². The van der Waals surface area contributed by atoms with Crippen LogP contribution < -0.4 is 4.74 Å². The van der Waals surface area contributed by atoms with Gasteiger partial charge in [0.25, 0.3) is 0 Å². The summed E-state index contributed by atoms with van der Waals surface area (Å²) in [6.45, 7) is -2.93. The molecule has 5 heteroatoms. The second-order valence-electron chi connectivity index (χ2n) is 4.30. The van der Waals surface area contributed by atoms with E-state index in [4.69, 9.17) is 5.26 Å². The van der Waals surface area contributed by atoms with Crippen LogP contribution in [0.15, 0.2) is 54.6 Å². The Bertz CT molecular complexity index is 731. The highest BCUT2D eigenvalue weighted by molar-refractivity contribution is 6.07. The Morgan fingerprint density at radius 3 is 2.45 bits per heavy atom. The van der Waals surface area contributed by atoms with Crippen molar-refractivity contribution in [2.75, 3.05) is 0 Å². The maximum absolute atomic E-state index is 12.3. The highest BCUT2D eigenvalue weighted by Crippen LogP contribution is 2.21. The summed E-state index contributed by atoms with van der Waals surface area (Å²) in [6.07, 6.45) is 2.69. The van der Waals surface area contributed by atoms with Crippen LogP contribution in [0, 0.1) is 11.3 Å². The molecule has 0 aromatic heterocycles.